The van der Waals surface area contributed by atoms with Crippen molar-refractivity contribution in [3.05, 3.63) is 53.6 Å². The molecule has 0 unspecified atom stereocenters. The molecule has 0 radical (unpaired) electrons. The van der Waals surface area contributed by atoms with Gasteiger partial charge in [0.2, 0.25) is 0 Å². The Balaban J connectivity index is 2.21. The first-order chi connectivity index (χ1) is 9.48. The highest BCUT2D eigenvalue weighted by Crippen LogP contribution is 2.19. The summed E-state index contributed by atoms with van der Waals surface area (Å²) in [5.74, 6) is 0. The highest BCUT2D eigenvalue weighted by atomic mass is 32.2. The van der Waals surface area contributed by atoms with Crippen molar-refractivity contribution in [2.24, 2.45) is 0 Å². The lowest BCUT2D eigenvalue weighted by atomic mass is 10.2. The van der Waals surface area contributed by atoms with Crippen LogP contribution in [0.25, 0.3) is 11.0 Å². The molecule has 3 rings (SSSR count). The lowest BCUT2D eigenvalue weighted by molar-refractivity contribution is 0.579. The second kappa shape index (κ2) is 4.42. The van der Waals surface area contributed by atoms with Crippen molar-refractivity contribution in [2.75, 3.05) is 0 Å². The molecule has 0 aliphatic heterocycles. The van der Waals surface area contributed by atoms with E-state index in [1.165, 1.54) is 0 Å². The summed E-state index contributed by atoms with van der Waals surface area (Å²) in [5, 5.41) is 7.71. The van der Waals surface area contributed by atoms with Crippen LogP contribution >= 0.6 is 0 Å². The standard InChI is InChI=1S/C14H13N3O2S/c1-10-3-6-12(7-4-10)20(18,19)17-14-8-5-11(2)9-13(14)15-16-17/h3-9H,1-2H3. The molecular formula is C14H13N3O2S. The summed E-state index contributed by atoms with van der Waals surface area (Å²) in [7, 11) is -3.71. The van der Waals surface area contributed by atoms with Crippen LogP contribution in [0.5, 0.6) is 0 Å². The fourth-order valence-corrected chi connectivity index (χ4v) is 3.23. The van der Waals surface area contributed by atoms with Gasteiger partial charge in [0, 0.05) is 0 Å². The number of nitrogens with zero attached hydrogens (tertiary/aromatic N) is 3. The van der Waals surface area contributed by atoms with E-state index >= 15 is 0 Å². The minimum Gasteiger partial charge on any atom is -0.199 e. The largest absolute Gasteiger partial charge is 0.284 e. The maximum absolute atomic E-state index is 12.6. The third-order valence-electron chi connectivity index (χ3n) is 3.12. The molecule has 0 amide bonds. The molecule has 0 atom stereocenters. The molecular weight excluding hydrogens is 274 g/mol. The van der Waals surface area contributed by atoms with Crippen LogP contribution in [0.4, 0.5) is 0 Å². The molecule has 5 nitrogen and oxygen atoms in total. The Hall–Kier alpha value is -2.21. The molecule has 0 bridgehead atoms. The van der Waals surface area contributed by atoms with Crippen LogP contribution in [-0.4, -0.2) is 22.8 Å². The van der Waals surface area contributed by atoms with Crippen molar-refractivity contribution < 1.29 is 8.42 Å². The van der Waals surface area contributed by atoms with Crippen LogP contribution in [0.2, 0.25) is 0 Å². The number of aryl methyl sites for hydroxylation is 2. The zero-order valence-corrected chi connectivity index (χ0v) is 11.9. The Labute approximate surface area is 116 Å². The van der Waals surface area contributed by atoms with Gasteiger partial charge in [-0.05, 0) is 43.7 Å². The van der Waals surface area contributed by atoms with E-state index in [4.69, 9.17) is 0 Å². The number of benzene rings is 2. The number of hydrogen-bond donors (Lipinski definition) is 0. The summed E-state index contributed by atoms with van der Waals surface area (Å²) >= 11 is 0. The van der Waals surface area contributed by atoms with E-state index < -0.39 is 10.0 Å². The summed E-state index contributed by atoms with van der Waals surface area (Å²) in [4.78, 5) is 0.204. The minimum absolute atomic E-state index is 0.204. The van der Waals surface area contributed by atoms with E-state index in [2.05, 4.69) is 10.3 Å². The SMILES string of the molecule is Cc1ccc(S(=O)(=O)n2nnc3cc(C)ccc32)cc1. The molecule has 102 valence electrons. The molecule has 0 saturated carbocycles. The normalized spacial score (nSPS) is 11.9. The second-order valence-corrected chi connectivity index (χ2v) is 6.51. The highest BCUT2D eigenvalue weighted by Gasteiger charge is 2.20. The fourth-order valence-electron chi connectivity index (χ4n) is 2.00. The monoisotopic (exact) mass is 287 g/mol. The lowest BCUT2D eigenvalue weighted by Crippen LogP contribution is -2.14. The van der Waals surface area contributed by atoms with Crippen molar-refractivity contribution in [1.82, 2.24) is 14.4 Å². The van der Waals surface area contributed by atoms with Crippen molar-refractivity contribution in [3.63, 3.8) is 0 Å². The molecule has 0 N–H and O–H groups in total. The quantitative estimate of drug-likeness (QED) is 0.725. The Morgan fingerprint density at radius 2 is 1.60 bits per heavy atom. The highest BCUT2D eigenvalue weighted by molar-refractivity contribution is 7.90. The molecule has 3 aromatic rings. The maximum Gasteiger partial charge on any atom is 0.284 e. The summed E-state index contributed by atoms with van der Waals surface area (Å²) in [6, 6.07) is 12.0. The van der Waals surface area contributed by atoms with Crippen LogP contribution in [0.15, 0.2) is 47.4 Å². The van der Waals surface area contributed by atoms with Crippen molar-refractivity contribution in [3.8, 4) is 0 Å². The van der Waals surface area contributed by atoms with E-state index in [1.807, 2.05) is 26.0 Å². The first-order valence-corrected chi connectivity index (χ1v) is 7.57. The Bertz CT molecular complexity index is 880. The number of hydrogen-bond acceptors (Lipinski definition) is 4. The van der Waals surface area contributed by atoms with Crippen molar-refractivity contribution in [1.29, 1.82) is 0 Å². The van der Waals surface area contributed by atoms with E-state index in [-0.39, 0.29) is 4.90 Å². The number of aromatic nitrogens is 3. The zero-order valence-electron chi connectivity index (χ0n) is 11.1. The van der Waals surface area contributed by atoms with Crippen LogP contribution < -0.4 is 0 Å². The first-order valence-electron chi connectivity index (χ1n) is 6.13. The van der Waals surface area contributed by atoms with E-state index in [0.29, 0.717) is 11.0 Å². The van der Waals surface area contributed by atoms with Crippen LogP contribution in [0.3, 0.4) is 0 Å². The number of rotatable bonds is 2. The van der Waals surface area contributed by atoms with Crippen LogP contribution in [-0.2, 0) is 10.0 Å². The average molecular weight is 287 g/mol. The molecule has 6 heteroatoms. The maximum atomic E-state index is 12.6. The van der Waals surface area contributed by atoms with Gasteiger partial charge in [0.25, 0.3) is 10.0 Å². The van der Waals surface area contributed by atoms with Gasteiger partial charge in [0.05, 0.1) is 4.90 Å². The van der Waals surface area contributed by atoms with Crippen molar-refractivity contribution in [2.45, 2.75) is 18.7 Å². The molecule has 0 spiro atoms. The van der Waals surface area contributed by atoms with Crippen LogP contribution in [0, 0.1) is 13.8 Å². The molecule has 0 aliphatic carbocycles. The predicted molar refractivity (Wildman–Crippen MR) is 76.0 cm³/mol. The summed E-state index contributed by atoms with van der Waals surface area (Å²) in [6.45, 7) is 3.83. The van der Waals surface area contributed by atoms with Gasteiger partial charge in [-0.15, -0.1) is 9.19 Å². The third-order valence-corrected chi connectivity index (χ3v) is 4.71. The van der Waals surface area contributed by atoms with Gasteiger partial charge in [-0.1, -0.05) is 29.0 Å². The number of fused-ring (bicyclic) bond motifs is 1. The summed E-state index contributed by atoms with van der Waals surface area (Å²) < 4.78 is 26.1. The topological polar surface area (TPSA) is 64.8 Å². The molecule has 1 heterocycles. The van der Waals surface area contributed by atoms with Gasteiger partial charge < -0.3 is 0 Å². The lowest BCUT2D eigenvalue weighted by Gasteiger charge is -2.05. The molecule has 0 fully saturated rings. The molecule has 2 aromatic carbocycles. The van der Waals surface area contributed by atoms with Gasteiger partial charge >= 0.3 is 0 Å². The molecule has 1 aromatic heterocycles. The Morgan fingerprint density at radius 3 is 2.30 bits per heavy atom. The summed E-state index contributed by atoms with van der Waals surface area (Å²) in [5.41, 5.74) is 3.07. The predicted octanol–water partition coefficient (Wildman–Crippen LogP) is 2.29. The van der Waals surface area contributed by atoms with Gasteiger partial charge in [-0.25, -0.2) is 0 Å². The zero-order chi connectivity index (χ0) is 14.3. The van der Waals surface area contributed by atoms with E-state index in [0.717, 1.165) is 15.2 Å². The van der Waals surface area contributed by atoms with Crippen LogP contribution in [0.1, 0.15) is 11.1 Å². The fraction of sp³-hybridized carbons (Fsp3) is 0.143. The Kier molecular flexibility index (Phi) is 2.83. The van der Waals surface area contributed by atoms with Gasteiger partial charge in [-0.2, -0.15) is 8.42 Å². The van der Waals surface area contributed by atoms with E-state index in [9.17, 15) is 8.42 Å². The average Bonchev–Trinajstić information content (AvgIpc) is 2.82. The van der Waals surface area contributed by atoms with Crippen molar-refractivity contribution >= 4 is 21.1 Å². The molecule has 0 saturated heterocycles. The van der Waals surface area contributed by atoms with Gasteiger partial charge in [0.1, 0.15) is 11.0 Å². The molecule has 20 heavy (non-hydrogen) atoms. The van der Waals surface area contributed by atoms with Gasteiger partial charge in [-0.3, -0.25) is 0 Å². The second-order valence-electron chi connectivity index (χ2n) is 4.74. The minimum atomic E-state index is -3.71. The smallest absolute Gasteiger partial charge is 0.199 e. The molecule has 0 aliphatic rings. The van der Waals surface area contributed by atoms with E-state index in [1.54, 1.807) is 30.3 Å². The summed E-state index contributed by atoms with van der Waals surface area (Å²) in [6.07, 6.45) is 0. The third kappa shape index (κ3) is 1.98. The van der Waals surface area contributed by atoms with Gasteiger partial charge in [0.15, 0.2) is 0 Å². The Morgan fingerprint density at radius 1 is 0.950 bits per heavy atom. The first kappa shape index (κ1) is 12.8.